The monoisotopic (exact) mass is 268 g/mol. The molecule has 0 spiro atoms. The topological polar surface area (TPSA) is 12.4 Å². The van der Waals surface area contributed by atoms with Crippen LogP contribution in [0.5, 0.6) is 0 Å². The van der Waals surface area contributed by atoms with Crippen molar-refractivity contribution in [1.29, 1.82) is 0 Å². The first-order chi connectivity index (χ1) is 9.92. The van der Waals surface area contributed by atoms with Gasteiger partial charge in [0.1, 0.15) is 0 Å². The number of allylic oxidation sites excluding steroid dienone is 3. The molecule has 1 aliphatic carbocycles. The fourth-order valence-corrected chi connectivity index (χ4v) is 4.17. The van der Waals surface area contributed by atoms with Gasteiger partial charge in [-0.2, -0.15) is 0 Å². The van der Waals surface area contributed by atoms with Crippen LogP contribution in [-0.4, -0.2) is 14.3 Å². The molecule has 2 heteroatoms. The molecule has 2 aliphatic heterocycles. The molecule has 2 heterocycles. The summed E-state index contributed by atoms with van der Waals surface area (Å²) in [6.07, 6.45) is 6.72. The molecule has 0 atom stereocenters. The molecule has 0 saturated carbocycles. The lowest BCUT2D eigenvalue weighted by molar-refractivity contribution is 1.36. The van der Waals surface area contributed by atoms with E-state index in [2.05, 4.69) is 60.3 Å². The summed E-state index contributed by atoms with van der Waals surface area (Å²) in [7, 11) is 0.777. The van der Waals surface area contributed by atoms with Gasteiger partial charge >= 0.3 is 0 Å². The van der Waals surface area contributed by atoms with E-state index < -0.39 is 0 Å². The minimum Gasteiger partial charge on any atom is -0.247 e. The zero-order valence-corrected chi connectivity index (χ0v) is 11.7. The molecule has 1 radical (unpaired) electrons. The Hall–Kier alpha value is -2.32. The Morgan fingerprint density at radius 2 is 1.80 bits per heavy atom. The second kappa shape index (κ2) is 3.61. The number of rotatable bonds is 0. The lowest BCUT2D eigenvalue weighted by Crippen LogP contribution is -2.26. The summed E-state index contributed by atoms with van der Waals surface area (Å²) in [6.45, 7) is 0. The summed E-state index contributed by atoms with van der Waals surface area (Å²) in [5.41, 5.74) is 8.59. The summed E-state index contributed by atoms with van der Waals surface area (Å²) < 4.78 is 0. The van der Waals surface area contributed by atoms with Crippen molar-refractivity contribution in [3.05, 3.63) is 70.4 Å². The highest BCUT2D eigenvalue weighted by Gasteiger charge is 2.21. The predicted octanol–water partition coefficient (Wildman–Crippen LogP) is 2.20. The quantitative estimate of drug-likeness (QED) is 0.554. The predicted molar refractivity (Wildman–Crippen MR) is 84.7 cm³/mol. The third-order valence-corrected chi connectivity index (χ3v) is 5.19. The van der Waals surface area contributed by atoms with Gasteiger partial charge in [0.05, 0.1) is 20.2 Å². The highest BCUT2D eigenvalue weighted by atomic mass is 28.2. The van der Waals surface area contributed by atoms with E-state index >= 15 is 0 Å². The van der Waals surface area contributed by atoms with E-state index in [9.17, 15) is 0 Å². The van der Waals surface area contributed by atoms with Crippen molar-refractivity contribution >= 4 is 31.6 Å². The molecule has 0 saturated heterocycles. The Kier molecular flexibility index (Phi) is 1.89. The molecular formula is C18H10NSi. The summed E-state index contributed by atoms with van der Waals surface area (Å²) in [4.78, 5) is 4.86. The van der Waals surface area contributed by atoms with Crippen LogP contribution in [0.2, 0.25) is 0 Å². The maximum atomic E-state index is 4.86. The average Bonchev–Trinajstić information content (AvgIpc) is 3.05. The van der Waals surface area contributed by atoms with E-state index in [0.717, 1.165) is 20.2 Å². The number of hydrogen-bond donors (Lipinski definition) is 0. The van der Waals surface area contributed by atoms with E-state index in [0.29, 0.717) is 0 Å². The minimum absolute atomic E-state index is 0.777. The third-order valence-electron chi connectivity index (χ3n) is 4.11. The van der Waals surface area contributed by atoms with Crippen molar-refractivity contribution < 1.29 is 0 Å². The van der Waals surface area contributed by atoms with Crippen LogP contribution in [0.3, 0.4) is 0 Å². The molecular weight excluding hydrogens is 258 g/mol. The van der Waals surface area contributed by atoms with Crippen LogP contribution >= 0.6 is 0 Å². The Labute approximate surface area is 118 Å². The van der Waals surface area contributed by atoms with Gasteiger partial charge < -0.3 is 0 Å². The highest BCUT2D eigenvalue weighted by Crippen LogP contribution is 2.32. The van der Waals surface area contributed by atoms with Crippen molar-refractivity contribution in [3.63, 3.8) is 0 Å². The summed E-state index contributed by atoms with van der Waals surface area (Å²) in [6, 6.07) is 12.9. The molecule has 1 nitrogen and oxygen atoms in total. The maximum absolute atomic E-state index is 4.86. The molecule has 3 aliphatic rings. The normalized spacial score (nSPS) is 16.2. The van der Waals surface area contributed by atoms with Gasteiger partial charge in [-0.05, 0) is 28.4 Å². The third kappa shape index (κ3) is 1.22. The largest absolute Gasteiger partial charge is 0.247 e. The summed E-state index contributed by atoms with van der Waals surface area (Å²) in [5.74, 6) is 0. The zero-order chi connectivity index (χ0) is 13.1. The fraction of sp³-hybridized carbons (Fsp3) is 0. The van der Waals surface area contributed by atoms with Crippen molar-refractivity contribution in [2.45, 2.75) is 0 Å². The molecule has 0 fully saturated rings. The lowest BCUT2D eigenvalue weighted by Gasteiger charge is -2.05. The van der Waals surface area contributed by atoms with Crippen LogP contribution in [-0.2, 0) is 0 Å². The van der Waals surface area contributed by atoms with Gasteiger partial charge in [-0.15, -0.1) is 0 Å². The van der Waals surface area contributed by atoms with Gasteiger partial charge in [0.15, 0.2) is 0 Å². The van der Waals surface area contributed by atoms with Crippen molar-refractivity contribution in [1.82, 2.24) is 0 Å². The number of hydrogen-bond acceptors (Lipinski definition) is 1. The Balaban J connectivity index is 1.92. The zero-order valence-electron chi connectivity index (χ0n) is 10.7. The number of benzene rings is 2. The summed E-state index contributed by atoms with van der Waals surface area (Å²) >= 11 is 0. The van der Waals surface area contributed by atoms with Gasteiger partial charge in [0.2, 0.25) is 0 Å². The maximum Gasteiger partial charge on any atom is 0.0794 e. The summed E-state index contributed by atoms with van der Waals surface area (Å²) in [5, 5.41) is 3.90. The van der Waals surface area contributed by atoms with E-state index in [-0.39, 0.29) is 0 Å². The van der Waals surface area contributed by atoms with Crippen molar-refractivity contribution in [2.24, 2.45) is 4.99 Å². The SMILES string of the molecule is C1=C[Si]=C2C=c3c(ccc4c3=Nc3ccccc3-4)C2=C1. The molecule has 20 heavy (non-hydrogen) atoms. The smallest absolute Gasteiger partial charge is 0.0794 e. The first-order valence-electron chi connectivity index (χ1n) is 6.76. The van der Waals surface area contributed by atoms with E-state index in [1.165, 1.54) is 32.7 Å². The van der Waals surface area contributed by atoms with E-state index in [1.54, 1.807) is 0 Å². The van der Waals surface area contributed by atoms with Crippen LogP contribution < -0.4 is 10.6 Å². The van der Waals surface area contributed by atoms with Gasteiger partial charge in [-0.1, -0.05) is 48.2 Å². The highest BCUT2D eigenvalue weighted by molar-refractivity contribution is 6.76. The van der Waals surface area contributed by atoms with Crippen LogP contribution in [0.25, 0.3) is 22.8 Å². The molecule has 91 valence electrons. The van der Waals surface area contributed by atoms with Crippen LogP contribution in [0.4, 0.5) is 5.69 Å². The molecule has 0 N–H and O–H groups in total. The standard InChI is InChI=1S/C18H10NSi/c1-2-6-16-12(4-1)14-8-7-11-13-5-3-9-20-17(13)10-15(11)18(14)19-16/h1-10H. The van der Waals surface area contributed by atoms with Gasteiger partial charge in [-0.25, -0.2) is 4.99 Å². The molecule has 2 aromatic carbocycles. The van der Waals surface area contributed by atoms with E-state index in [4.69, 9.17) is 4.99 Å². The van der Waals surface area contributed by atoms with Crippen LogP contribution in [0.15, 0.2) is 59.2 Å². The second-order valence-electron chi connectivity index (χ2n) is 5.19. The molecule has 0 bridgehead atoms. The van der Waals surface area contributed by atoms with Crippen LogP contribution in [0, 0.1) is 0 Å². The van der Waals surface area contributed by atoms with E-state index in [1.807, 2.05) is 0 Å². The second-order valence-corrected chi connectivity index (χ2v) is 6.35. The Bertz CT molecular complexity index is 991. The molecule has 0 aromatic heterocycles. The number of para-hydroxylation sites is 1. The lowest BCUT2D eigenvalue weighted by atomic mass is 10.0. The average molecular weight is 268 g/mol. The fourth-order valence-electron chi connectivity index (χ4n) is 3.19. The number of nitrogens with zero attached hydrogens (tertiary/aromatic N) is 1. The molecule has 0 unspecified atom stereocenters. The number of fused-ring (bicyclic) bond motifs is 7. The first-order valence-corrected chi connectivity index (χ1v) is 7.83. The Morgan fingerprint density at radius 1 is 0.900 bits per heavy atom. The molecule has 5 rings (SSSR count). The first kappa shape index (κ1) is 10.5. The van der Waals surface area contributed by atoms with Crippen molar-refractivity contribution in [3.8, 4) is 11.1 Å². The van der Waals surface area contributed by atoms with Gasteiger partial charge in [0.25, 0.3) is 0 Å². The van der Waals surface area contributed by atoms with Crippen molar-refractivity contribution in [2.75, 3.05) is 0 Å². The Morgan fingerprint density at radius 3 is 2.80 bits per heavy atom. The van der Waals surface area contributed by atoms with Crippen LogP contribution in [0.1, 0.15) is 5.56 Å². The van der Waals surface area contributed by atoms with Gasteiger partial charge in [0, 0.05) is 16.3 Å². The minimum atomic E-state index is 0.777. The molecule has 0 amide bonds. The molecule has 2 aromatic rings. The van der Waals surface area contributed by atoms with Gasteiger partial charge in [-0.3, -0.25) is 0 Å².